The molecule has 0 N–H and O–H groups in total. The van der Waals surface area contributed by atoms with Crippen LogP contribution in [-0.2, 0) is 4.74 Å². The van der Waals surface area contributed by atoms with E-state index in [4.69, 9.17) is 9.47 Å². The van der Waals surface area contributed by atoms with E-state index in [9.17, 15) is 4.79 Å². The Hall–Kier alpha value is -2.82. The number of carbonyl (C=O) groups excluding carboxylic acids is 1. The molecule has 0 unspecified atom stereocenters. The van der Waals surface area contributed by atoms with Gasteiger partial charge in [0.2, 0.25) is 0 Å². The van der Waals surface area contributed by atoms with Crippen molar-refractivity contribution in [3.63, 3.8) is 0 Å². The molecule has 0 bridgehead atoms. The van der Waals surface area contributed by atoms with Gasteiger partial charge in [-0.2, -0.15) is 0 Å². The van der Waals surface area contributed by atoms with Crippen molar-refractivity contribution >= 4 is 11.6 Å². The lowest BCUT2D eigenvalue weighted by atomic mass is 10.2. The number of methoxy groups -OCH3 is 2. The predicted molar refractivity (Wildman–Crippen MR) is 78.5 cm³/mol. The first-order valence-corrected chi connectivity index (χ1v) is 6.43. The molecule has 0 aliphatic carbocycles. The van der Waals surface area contributed by atoms with Crippen molar-refractivity contribution in [2.75, 3.05) is 14.2 Å². The fraction of sp³-hybridized carbons (Fsp3) is 0.125. The van der Waals surface area contributed by atoms with Gasteiger partial charge in [0.1, 0.15) is 11.4 Å². The summed E-state index contributed by atoms with van der Waals surface area (Å²) in [6, 6.07) is 11.2. The van der Waals surface area contributed by atoms with Crippen LogP contribution in [-0.4, -0.2) is 29.6 Å². The number of aromatic nitrogens is 2. The average molecular weight is 282 g/mol. The molecule has 5 heteroatoms. The molecule has 1 aromatic carbocycles. The standard InChI is InChI=1S/C16H14N2O3/c1-20-13-6-3-11(4-7-13)14-10-18-9-12(16(19)21-2)5-8-15(18)17-14/h3-10H,1-2H3. The van der Waals surface area contributed by atoms with Crippen molar-refractivity contribution in [2.45, 2.75) is 0 Å². The van der Waals surface area contributed by atoms with E-state index in [0.717, 1.165) is 22.7 Å². The average Bonchev–Trinajstić information content (AvgIpc) is 2.97. The fourth-order valence-corrected chi connectivity index (χ4v) is 2.13. The quantitative estimate of drug-likeness (QED) is 0.693. The van der Waals surface area contributed by atoms with Crippen LogP contribution in [0.25, 0.3) is 16.9 Å². The highest BCUT2D eigenvalue weighted by molar-refractivity contribution is 5.89. The first kappa shape index (κ1) is 13.2. The molecule has 0 saturated heterocycles. The smallest absolute Gasteiger partial charge is 0.339 e. The van der Waals surface area contributed by atoms with E-state index in [1.54, 1.807) is 25.4 Å². The number of pyridine rings is 1. The normalized spacial score (nSPS) is 10.6. The van der Waals surface area contributed by atoms with E-state index < -0.39 is 0 Å². The second-order valence-corrected chi connectivity index (χ2v) is 4.53. The second-order valence-electron chi connectivity index (χ2n) is 4.53. The number of fused-ring (bicyclic) bond motifs is 1. The molecular formula is C16H14N2O3. The number of carbonyl (C=O) groups is 1. The Morgan fingerprint density at radius 3 is 2.48 bits per heavy atom. The van der Waals surface area contributed by atoms with Crippen LogP contribution in [0.4, 0.5) is 0 Å². The molecule has 0 radical (unpaired) electrons. The molecular weight excluding hydrogens is 268 g/mol. The highest BCUT2D eigenvalue weighted by Crippen LogP contribution is 2.22. The van der Waals surface area contributed by atoms with Crippen molar-refractivity contribution in [3.05, 3.63) is 54.4 Å². The Morgan fingerprint density at radius 2 is 1.81 bits per heavy atom. The van der Waals surface area contributed by atoms with E-state index >= 15 is 0 Å². The molecule has 0 fully saturated rings. The lowest BCUT2D eigenvalue weighted by Gasteiger charge is -2.00. The van der Waals surface area contributed by atoms with E-state index in [1.807, 2.05) is 34.9 Å². The van der Waals surface area contributed by atoms with Crippen molar-refractivity contribution in [3.8, 4) is 17.0 Å². The summed E-state index contributed by atoms with van der Waals surface area (Å²) in [5, 5.41) is 0. The van der Waals surface area contributed by atoms with Gasteiger partial charge in [0.15, 0.2) is 0 Å². The molecule has 0 atom stereocenters. The van der Waals surface area contributed by atoms with E-state index in [1.165, 1.54) is 7.11 Å². The highest BCUT2D eigenvalue weighted by atomic mass is 16.5. The van der Waals surface area contributed by atoms with Gasteiger partial charge in [-0.1, -0.05) is 0 Å². The van der Waals surface area contributed by atoms with Gasteiger partial charge in [-0.05, 0) is 36.4 Å². The summed E-state index contributed by atoms with van der Waals surface area (Å²) in [5.74, 6) is 0.437. The molecule has 21 heavy (non-hydrogen) atoms. The predicted octanol–water partition coefficient (Wildman–Crippen LogP) is 2.80. The van der Waals surface area contributed by atoms with Crippen LogP contribution in [0, 0.1) is 0 Å². The minimum Gasteiger partial charge on any atom is -0.497 e. The zero-order valence-electron chi connectivity index (χ0n) is 11.7. The topological polar surface area (TPSA) is 52.8 Å². The van der Waals surface area contributed by atoms with Crippen molar-refractivity contribution < 1.29 is 14.3 Å². The molecule has 2 heterocycles. The number of benzene rings is 1. The fourth-order valence-electron chi connectivity index (χ4n) is 2.13. The van der Waals surface area contributed by atoms with Crippen LogP contribution < -0.4 is 4.74 Å². The van der Waals surface area contributed by atoms with Gasteiger partial charge in [-0.25, -0.2) is 9.78 Å². The summed E-state index contributed by atoms with van der Waals surface area (Å²) in [6.07, 6.45) is 3.59. The molecule has 3 aromatic rings. The molecule has 2 aromatic heterocycles. The van der Waals surface area contributed by atoms with Crippen LogP contribution in [0.2, 0.25) is 0 Å². The van der Waals surface area contributed by atoms with Gasteiger partial charge in [-0.3, -0.25) is 0 Å². The van der Waals surface area contributed by atoms with Crippen LogP contribution in [0.15, 0.2) is 48.8 Å². The molecule has 106 valence electrons. The molecule has 5 nitrogen and oxygen atoms in total. The lowest BCUT2D eigenvalue weighted by Crippen LogP contribution is -2.02. The molecule has 0 amide bonds. The number of esters is 1. The zero-order valence-corrected chi connectivity index (χ0v) is 11.7. The van der Waals surface area contributed by atoms with Crippen LogP contribution >= 0.6 is 0 Å². The maximum Gasteiger partial charge on any atom is 0.339 e. The zero-order chi connectivity index (χ0) is 14.8. The maximum absolute atomic E-state index is 11.5. The Bertz CT molecular complexity index is 791. The third-order valence-corrected chi connectivity index (χ3v) is 3.26. The first-order valence-electron chi connectivity index (χ1n) is 6.43. The van der Waals surface area contributed by atoms with Gasteiger partial charge in [0.25, 0.3) is 0 Å². The molecule has 0 aliphatic heterocycles. The highest BCUT2D eigenvalue weighted by Gasteiger charge is 2.09. The van der Waals surface area contributed by atoms with Crippen molar-refractivity contribution in [2.24, 2.45) is 0 Å². The third kappa shape index (κ3) is 2.45. The summed E-state index contributed by atoms with van der Waals surface area (Å²) >= 11 is 0. The van der Waals surface area contributed by atoms with E-state index in [0.29, 0.717) is 5.56 Å². The van der Waals surface area contributed by atoms with Gasteiger partial charge < -0.3 is 13.9 Å². The number of hydrogen-bond donors (Lipinski definition) is 0. The number of nitrogens with zero attached hydrogens (tertiary/aromatic N) is 2. The van der Waals surface area contributed by atoms with Gasteiger partial charge in [0.05, 0.1) is 25.5 Å². The summed E-state index contributed by atoms with van der Waals surface area (Å²) < 4.78 is 11.7. The number of rotatable bonds is 3. The van der Waals surface area contributed by atoms with E-state index in [-0.39, 0.29) is 5.97 Å². The monoisotopic (exact) mass is 282 g/mol. The number of ether oxygens (including phenoxy) is 2. The summed E-state index contributed by atoms with van der Waals surface area (Å²) in [5.41, 5.74) is 3.08. The number of imidazole rings is 1. The lowest BCUT2D eigenvalue weighted by molar-refractivity contribution is 0.0600. The minimum absolute atomic E-state index is 0.364. The Labute approximate surface area is 121 Å². The third-order valence-electron chi connectivity index (χ3n) is 3.26. The van der Waals surface area contributed by atoms with E-state index in [2.05, 4.69) is 4.98 Å². The summed E-state index contributed by atoms with van der Waals surface area (Å²) in [7, 11) is 3.00. The summed E-state index contributed by atoms with van der Waals surface area (Å²) in [6.45, 7) is 0. The summed E-state index contributed by atoms with van der Waals surface area (Å²) in [4.78, 5) is 16.1. The molecule has 3 rings (SSSR count). The Kier molecular flexibility index (Phi) is 3.31. The van der Waals surface area contributed by atoms with Gasteiger partial charge in [-0.15, -0.1) is 0 Å². The van der Waals surface area contributed by atoms with Crippen LogP contribution in [0.3, 0.4) is 0 Å². The van der Waals surface area contributed by atoms with Crippen molar-refractivity contribution in [1.82, 2.24) is 9.38 Å². The maximum atomic E-state index is 11.5. The molecule has 0 spiro atoms. The van der Waals surface area contributed by atoms with Crippen LogP contribution in [0.5, 0.6) is 5.75 Å². The SMILES string of the molecule is COC(=O)c1ccc2nc(-c3ccc(OC)cc3)cn2c1. The molecule has 0 aliphatic rings. The second kappa shape index (κ2) is 5.28. The largest absolute Gasteiger partial charge is 0.497 e. The Morgan fingerprint density at radius 1 is 1.05 bits per heavy atom. The number of hydrogen-bond acceptors (Lipinski definition) is 4. The Balaban J connectivity index is 2.01. The van der Waals surface area contributed by atoms with Gasteiger partial charge >= 0.3 is 5.97 Å². The first-order chi connectivity index (χ1) is 10.2. The molecule has 0 saturated carbocycles. The van der Waals surface area contributed by atoms with Gasteiger partial charge in [0, 0.05) is 18.0 Å². The van der Waals surface area contributed by atoms with Crippen molar-refractivity contribution in [1.29, 1.82) is 0 Å². The van der Waals surface area contributed by atoms with Crippen LogP contribution in [0.1, 0.15) is 10.4 Å². The minimum atomic E-state index is -0.364.